The van der Waals surface area contributed by atoms with Gasteiger partial charge in [-0.25, -0.2) is 4.79 Å². The lowest BCUT2D eigenvalue weighted by Gasteiger charge is -2.30. The van der Waals surface area contributed by atoms with E-state index in [1.807, 2.05) is 27.7 Å². The van der Waals surface area contributed by atoms with Crippen LogP contribution >= 0.6 is 11.6 Å². The molecule has 1 atom stereocenters. The number of nitrogens with zero attached hydrogens (tertiary/aromatic N) is 2. The minimum atomic E-state index is -1.01. The predicted octanol–water partition coefficient (Wildman–Crippen LogP) is 3.42. The highest BCUT2D eigenvalue weighted by Crippen LogP contribution is 2.44. The fraction of sp³-hybridized carbons (Fsp3) is 0.625. The number of aliphatic hydroxyl groups is 1. The first-order valence-corrected chi connectivity index (χ1v) is 8.02. The minimum Gasteiger partial charge on any atom is -0.489 e. The highest BCUT2D eigenvalue weighted by atomic mass is 35.5. The van der Waals surface area contributed by atoms with Crippen molar-refractivity contribution >= 4 is 17.7 Å². The van der Waals surface area contributed by atoms with Crippen molar-refractivity contribution in [2.75, 3.05) is 14.2 Å². The van der Waals surface area contributed by atoms with Crippen LogP contribution in [0.15, 0.2) is 0 Å². The smallest absolute Gasteiger partial charge is 0.415 e. The molecule has 0 fully saturated rings. The van der Waals surface area contributed by atoms with Crippen LogP contribution in [0.4, 0.5) is 4.79 Å². The number of aliphatic hydroxyl groups excluding tert-OH is 1. The summed E-state index contributed by atoms with van der Waals surface area (Å²) in [5, 5.41) is 9.99. The van der Waals surface area contributed by atoms with E-state index in [1.54, 1.807) is 4.90 Å². The molecule has 0 aliphatic carbocycles. The summed E-state index contributed by atoms with van der Waals surface area (Å²) in [5.41, 5.74) is 0.162. The topological polar surface area (TPSA) is 81.1 Å². The van der Waals surface area contributed by atoms with Crippen molar-refractivity contribution in [2.24, 2.45) is 0 Å². The Bertz CT molecular complexity index is 582. The number of carbonyl (C=O) groups is 1. The number of amides is 1. The van der Waals surface area contributed by atoms with Crippen molar-refractivity contribution < 1.29 is 24.1 Å². The maximum Gasteiger partial charge on any atom is 0.415 e. The molecule has 8 heteroatoms. The number of methoxy groups -OCH3 is 2. The fourth-order valence-electron chi connectivity index (χ4n) is 2.45. The monoisotopic (exact) mass is 360 g/mol. The first-order chi connectivity index (χ1) is 11.1. The zero-order chi connectivity index (χ0) is 18.6. The zero-order valence-electron chi connectivity index (χ0n) is 15.1. The average molecular weight is 361 g/mol. The quantitative estimate of drug-likeness (QED) is 0.783. The second-order valence-corrected chi connectivity index (χ2v) is 6.18. The second kappa shape index (κ2) is 8.39. The van der Waals surface area contributed by atoms with Gasteiger partial charge in [0.25, 0.3) is 5.88 Å². The molecule has 136 valence electrons. The molecular weight excluding hydrogens is 336 g/mol. The van der Waals surface area contributed by atoms with Gasteiger partial charge in [-0.2, -0.15) is 4.98 Å². The molecule has 1 unspecified atom stereocenters. The van der Waals surface area contributed by atoms with Crippen molar-refractivity contribution in [3.8, 4) is 17.4 Å². The molecule has 1 N–H and O–H groups in total. The van der Waals surface area contributed by atoms with Gasteiger partial charge in [-0.3, -0.25) is 0 Å². The molecule has 0 aliphatic heterocycles. The molecule has 1 amide bonds. The molecule has 1 rings (SSSR count). The summed E-state index contributed by atoms with van der Waals surface area (Å²) in [6.07, 6.45) is -1.59. The maximum atomic E-state index is 12.6. The van der Waals surface area contributed by atoms with Gasteiger partial charge in [-0.1, -0.05) is 11.6 Å². The van der Waals surface area contributed by atoms with Crippen LogP contribution in [-0.2, 0) is 0 Å². The first kappa shape index (κ1) is 20.3. The van der Waals surface area contributed by atoms with E-state index in [0.717, 1.165) is 0 Å². The van der Waals surface area contributed by atoms with E-state index < -0.39 is 12.2 Å². The van der Waals surface area contributed by atoms with Crippen molar-refractivity contribution in [1.29, 1.82) is 0 Å². The molecular formula is C16H25ClN2O5. The molecule has 1 aromatic rings. The highest BCUT2D eigenvalue weighted by Gasteiger charge is 2.30. The van der Waals surface area contributed by atoms with Gasteiger partial charge in [-0.05, 0) is 34.6 Å². The van der Waals surface area contributed by atoms with Crippen LogP contribution in [0.1, 0.15) is 46.3 Å². The van der Waals surface area contributed by atoms with Crippen molar-refractivity contribution in [3.05, 3.63) is 10.7 Å². The van der Waals surface area contributed by atoms with Gasteiger partial charge in [-0.15, -0.1) is 0 Å². The summed E-state index contributed by atoms with van der Waals surface area (Å²) in [7, 11) is 2.78. The Morgan fingerprint density at radius 2 is 1.62 bits per heavy atom. The first-order valence-electron chi connectivity index (χ1n) is 7.65. The number of halogens is 1. The minimum absolute atomic E-state index is 0.000602. The van der Waals surface area contributed by atoms with Gasteiger partial charge < -0.3 is 24.2 Å². The number of pyridine rings is 1. The lowest BCUT2D eigenvalue weighted by Crippen LogP contribution is -2.43. The molecule has 0 saturated carbocycles. The standard InChI is InChI=1S/C16H25ClN2O5/c1-8(2)19(9(3)4)16(21)24-12-11(10(5)20)14(17)18-15(23-7)13(12)22-6/h8-10,20H,1-7H3. The van der Waals surface area contributed by atoms with E-state index >= 15 is 0 Å². The van der Waals surface area contributed by atoms with Crippen molar-refractivity contribution in [3.63, 3.8) is 0 Å². The Morgan fingerprint density at radius 1 is 1.08 bits per heavy atom. The number of carbonyl (C=O) groups excluding carboxylic acids is 1. The number of hydrogen-bond donors (Lipinski definition) is 1. The predicted molar refractivity (Wildman–Crippen MR) is 91.1 cm³/mol. The maximum absolute atomic E-state index is 12.6. The van der Waals surface area contributed by atoms with E-state index in [0.29, 0.717) is 0 Å². The Balaban J connectivity index is 3.45. The molecule has 0 radical (unpaired) electrons. The third-order valence-corrected chi connectivity index (χ3v) is 3.68. The van der Waals surface area contributed by atoms with Gasteiger partial charge in [0.2, 0.25) is 5.75 Å². The van der Waals surface area contributed by atoms with Crippen LogP contribution in [0.3, 0.4) is 0 Å². The molecule has 0 aromatic carbocycles. The van der Waals surface area contributed by atoms with Gasteiger partial charge in [0.05, 0.1) is 25.9 Å². The van der Waals surface area contributed by atoms with E-state index in [2.05, 4.69) is 4.98 Å². The van der Waals surface area contributed by atoms with Crippen molar-refractivity contribution in [2.45, 2.75) is 52.8 Å². The molecule has 0 bridgehead atoms. The van der Waals surface area contributed by atoms with Crippen LogP contribution in [0.2, 0.25) is 5.15 Å². The summed E-state index contributed by atoms with van der Waals surface area (Å²) in [6.45, 7) is 9.03. The molecule has 0 saturated heterocycles. The van der Waals surface area contributed by atoms with Crippen LogP contribution in [0.25, 0.3) is 0 Å². The summed E-state index contributed by atoms with van der Waals surface area (Å²) in [4.78, 5) is 18.2. The number of ether oxygens (including phenoxy) is 3. The highest BCUT2D eigenvalue weighted by molar-refractivity contribution is 6.30. The fourth-order valence-corrected chi connectivity index (χ4v) is 2.77. The second-order valence-electron chi connectivity index (χ2n) is 5.83. The van der Waals surface area contributed by atoms with Gasteiger partial charge in [0.15, 0.2) is 5.75 Å². The Hall–Kier alpha value is -1.73. The van der Waals surface area contributed by atoms with Crippen LogP contribution in [-0.4, -0.2) is 47.4 Å². The molecule has 0 spiro atoms. The number of hydrogen-bond acceptors (Lipinski definition) is 6. The molecule has 24 heavy (non-hydrogen) atoms. The third kappa shape index (κ3) is 4.21. The van der Waals surface area contributed by atoms with Gasteiger partial charge in [0.1, 0.15) is 5.15 Å². The third-order valence-electron chi connectivity index (χ3n) is 3.40. The zero-order valence-corrected chi connectivity index (χ0v) is 15.8. The average Bonchev–Trinajstić information content (AvgIpc) is 2.45. The molecule has 1 heterocycles. The van der Waals surface area contributed by atoms with Crippen LogP contribution in [0, 0.1) is 0 Å². The number of rotatable bonds is 6. The Kier molecular flexibility index (Phi) is 7.10. The summed E-state index contributed by atoms with van der Waals surface area (Å²) in [5.74, 6) is 0.162. The molecule has 1 aromatic heterocycles. The lowest BCUT2D eigenvalue weighted by molar-refractivity contribution is 0.118. The summed E-state index contributed by atoms with van der Waals surface area (Å²) in [6, 6.07) is -0.143. The molecule has 7 nitrogen and oxygen atoms in total. The van der Waals surface area contributed by atoms with E-state index in [1.165, 1.54) is 21.1 Å². The van der Waals surface area contributed by atoms with Gasteiger partial charge >= 0.3 is 6.09 Å². The van der Waals surface area contributed by atoms with Crippen LogP contribution in [0.5, 0.6) is 17.4 Å². The molecule has 0 aliphatic rings. The van der Waals surface area contributed by atoms with Crippen molar-refractivity contribution in [1.82, 2.24) is 9.88 Å². The van der Waals surface area contributed by atoms with E-state index in [9.17, 15) is 9.90 Å². The van der Waals surface area contributed by atoms with E-state index in [4.69, 9.17) is 25.8 Å². The van der Waals surface area contributed by atoms with E-state index in [-0.39, 0.29) is 40.2 Å². The number of aromatic nitrogens is 1. The SMILES string of the molecule is COc1nc(Cl)c(C(C)O)c(OC(=O)N(C(C)C)C(C)C)c1OC. The largest absolute Gasteiger partial charge is 0.489 e. The lowest BCUT2D eigenvalue weighted by atomic mass is 10.1. The Labute approximate surface area is 147 Å². The van der Waals surface area contributed by atoms with Gasteiger partial charge in [0, 0.05) is 12.1 Å². The normalized spacial score (nSPS) is 12.3. The Morgan fingerprint density at radius 3 is 2.00 bits per heavy atom. The summed E-state index contributed by atoms with van der Waals surface area (Å²) >= 11 is 6.11. The summed E-state index contributed by atoms with van der Waals surface area (Å²) < 4.78 is 15.9. The van der Waals surface area contributed by atoms with Crippen LogP contribution < -0.4 is 14.2 Å².